The lowest BCUT2D eigenvalue weighted by atomic mass is 9.98. The summed E-state index contributed by atoms with van der Waals surface area (Å²) in [5, 5.41) is 27.2. The van der Waals surface area contributed by atoms with Gasteiger partial charge in [0.1, 0.15) is 6.73 Å². The number of nitro benzene ring substituents is 1. The highest BCUT2D eigenvalue weighted by Gasteiger charge is 2.22. The quantitative estimate of drug-likeness (QED) is 0.0292. The lowest BCUT2D eigenvalue weighted by Crippen LogP contribution is -2.10. The molecule has 0 aliphatic rings. The predicted molar refractivity (Wildman–Crippen MR) is 391 cm³/mol. The van der Waals surface area contributed by atoms with Gasteiger partial charge in [0.05, 0.1) is 44.2 Å². The highest BCUT2D eigenvalue weighted by molar-refractivity contribution is 6.14. The SMILES string of the molecule is CCOCn1cc(/C(Cc2ccccc2C)=N/OC(C)=O)c2ccccc21.Cc1ccccc1C/C(=N\OC(=O)c1ccccc1)c1cn(-c2ccc([N+](=O)[O-])cc2)c2ccccc12.Cc1ccccc1C/C(=N\OC(=O)c1ccccc1)c1cn(Cc2ccccc2)c2ccccc12. The van der Waals surface area contributed by atoms with E-state index in [1.54, 1.807) is 48.5 Å². The van der Waals surface area contributed by atoms with Gasteiger partial charge in [-0.15, -0.1) is 0 Å². The fraction of sp³-hybridized carbons (Fsp3) is 0.133. The molecule has 494 valence electrons. The van der Waals surface area contributed by atoms with Gasteiger partial charge < -0.3 is 33.0 Å². The molecule has 0 aliphatic carbocycles. The Balaban J connectivity index is 0.000000152. The van der Waals surface area contributed by atoms with Gasteiger partial charge >= 0.3 is 17.9 Å². The van der Waals surface area contributed by atoms with Crippen molar-refractivity contribution in [3.05, 3.63) is 356 Å². The summed E-state index contributed by atoms with van der Waals surface area (Å²) in [6.07, 6.45) is 7.63. The van der Waals surface area contributed by atoms with Gasteiger partial charge in [0.2, 0.25) is 0 Å². The van der Waals surface area contributed by atoms with E-state index in [2.05, 4.69) is 111 Å². The highest BCUT2D eigenvalue weighted by atomic mass is 16.7. The van der Waals surface area contributed by atoms with Crippen LogP contribution in [-0.4, -0.2) is 60.3 Å². The number of benzene rings is 10. The van der Waals surface area contributed by atoms with Gasteiger partial charge in [0, 0.05) is 114 Å². The van der Waals surface area contributed by atoms with Crippen molar-refractivity contribution < 1.29 is 38.6 Å². The number of oxime groups is 3. The van der Waals surface area contributed by atoms with Crippen molar-refractivity contribution in [1.82, 2.24) is 13.7 Å². The van der Waals surface area contributed by atoms with Gasteiger partial charge in [-0.05, 0) is 121 Å². The lowest BCUT2D eigenvalue weighted by Gasteiger charge is -2.09. The number of hydrogen-bond donors (Lipinski definition) is 0. The molecule has 13 rings (SSSR count). The van der Waals surface area contributed by atoms with Crippen LogP contribution in [0, 0.1) is 30.9 Å². The molecule has 16 nitrogen and oxygen atoms in total. The van der Waals surface area contributed by atoms with Crippen LogP contribution >= 0.6 is 0 Å². The van der Waals surface area contributed by atoms with Crippen LogP contribution < -0.4 is 0 Å². The molecule has 0 aliphatic heterocycles. The Morgan fingerprint density at radius 1 is 0.424 bits per heavy atom. The van der Waals surface area contributed by atoms with Gasteiger partial charge in [-0.25, -0.2) is 14.4 Å². The lowest BCUT2D eigenvalue weighted by molar-refractivity contribution is -0.384. The number of aromatic nitrogens is 3. The molecule has 0 saturated heterocycles. The second-order valence-electron chi connectivity index (χ2n) is 23.5. The maximum Gasteiger partial charge on any atom is 0.365 e. The molecule has 0 amide bonds. The minimum Gasteiger partial charge on any atom is -0.361 e. The highest BCUT2D eigenvalue weighted by Crippen LogP contribution is 2.31. The van der Waals surface area contributed by atoms with Gasteiger partial charge in [0.25, 0.3) is 5.69 Å². The number of nitro groups is 1. The zero-order valence-electron chi connectivity index (χ0n) is 55.6. The number of fused-ring (bicyclic) bond motifs is 3. The third kappa shape index (κ3) is 17.2. The topological polar surface area (TPSA) is 183 Å². The maximum absolute atomic E-state index is 12.7. The molecule has 0 radical (unpaired) electrons. The molecule has 0 bridgehead atoms. The van der Waals surface area contributed by atoms with E-state index >= 15 is 0 Å². The molecule has 0 N–H and O–H groups in total. The summed E-state index contributed by atoms with van der Waals surface area (Å²) in [5.74, 6) is -1.45. The molecular weight excluding hydrogens is 1240 g/mol. The molecule has 10 aromatic carbocycles. The fourth-order valence-corrected chi connectivity index (χ4v) is 11.6. The molecule has 0 saturated carbocycles. The summed E-state index contributed by atoms with van der Waals surface area (Å²) >= 11 is 0. The normalized spacial score (nSPS) is 11.5. The summed E-state index contributed by atoms with van der Waals surface area (Å²) in [4.78, 5) is 63.3. The summed E-state index contributed by atoms with van der Waals surface area (Å²) in [5.41, 5.74) is 17.5. The summed E-state index contributed by atoms with van der Waals surface area (Å²) in [6, 6.07) is 83.0. The molecule has 99 heavy (non-hydrogen) atoms. The summed E-state index contributed by atoms with van der Waals surface area (Å²) < 4.78 is 11.8. The molecule has 16 heteroatoms. The minimum atomic E-state index is -0.540. The minimum absolute atomic E-state index is 0.0232. The van der Waals surface area contributed by atoms with E-state index in [9.17, 15) is 24.5 Å². The Morgan fingerprint density at radius 2 is 0.798 bits per heavy atom. The Kier molecular flexibility index (Phi) is 22.6. The number of hydrogen-bond acceptors (Lipinski definition) is 12. The number of carbonyl (C=O) groups is 3. The molecule has 0 spiro atoms. The second-order valence-corrected chi connectivity index (χ2v) is 23.5. The monoisotopic (exact) mass is 1310 g/mol. The van der Waals surface area contributed by atoms with Crippen molar-refractivity contribution in [3.8, 4) is 5.69 Å². The van der Waals surface area contributed by atoms with Crippen molar-refractivity contribution in [2.75, 3.05) is 6.61 Å². The zero-order chi connectivity index (χ0) is 69.0. The summed E-state index contributed by atoms with van der Waals surface area (Å²) in [7, 11) is 0. The number of carbonyl (C=O) groups excluding carboxylic acids is 3. The van der Waals surface area contributed by atoms with Crippen LogP contribution in [0.4, 0.5) is 5.69 Å². The van der Waals surface area contributed by atoms with Crippen molar-refractivity contribution in [1.29, 1.82) is 0 Å². The standard InChI is InChI=1S/C31H26N2O2.C30H23N3O4.C22H24N2O3/c1-23-12-8-9-17-26(23)20-29(32-35-31(34)25-15-6-3-7-16-25)28-22-33(21-24-13-4-2-5-14-24)30-19-11-10-18-27(28)30;1-21-9-5-6-12-23(21)19-28(31-37-30(34)22-10-3-2-4-11-22)27-20-32(29-14-8-7-13-26(27)29)24-15-17-25(18-16-24)33(35)36;1-4-26-15-24-14-20(19-11-7-8-12-22(19)24)21(23-27-17(3)25)13-18-10-6-5-9-16(18)2/h2-19,22H,20-21H2,1H3;2-18,20H,19H2,1H3;5-12,14H,4,13,15H2,1-3H3/b32-29+;31-28+;23-21+. The molecule has 13 aromatic rings. The second kappa shape index (κ2) is 32.8. The molecule has 3 heterocycles. The zero-order valence-corrected chi connectivity index (χ0v) is 55.6. The first-order valence-electron chi connectivity index (χ1n) is 32.5. The van der Waals surface area contributed by atoms with Gasteiger partial charge in [-0.3, -0.25) is 10.1 Å². The Morgan fingerprint density at radius 3 is 1.24 bits per heavy atom. The van der Waals surface area contributed by atoms with Gasteiger partial charge in [-0.2, -0.15) is 0 Å². The van der Waals surface area contributed by atoms with E-state index < -0.39 is 22.8 Å². The molecule has 0 fully saturated rings. The van der Waals surface area contributed by atoms with Crippen molar-refractivity contribution in [2.45, 2.75) is 67.2 Å². The van der Waals surface area contributed by atoms with Gasteiger partial charge in [0.15, 0.2) is 0 Å². The average Bonchev–Trinajstić information content (AvgIpc) is 1.64. The van der Waals surface area contributed by atoms with E-state index in [1.807, 2.05) is 164 Å². The van der Waals surface area contributed by atoms with Crippen molar-refractivity contribution in [3.63, 3.8) is 0 Å². The van der Waals surface area contributed by atoms with Crippen molar-refractivity contribution >= 4 is 73.4 Å². The molecule has 0 atom stereocenters. The number of nitrogens with zero attached hydrogens (tertiary/aromatic N) is 7. The number of aryl methyl sites for hydroxylation is 3. The van der Waals surface area contributed by atoms with Crippen molar-refractivity contribution in [2.24, 2.45) is 15.5 Å². The average molecular weight is 1310 g/mol. The predicted octanol–water partition coefficient (Wildman–Crippen LogP) is 17.9. The first kappa shape index (κ1) is 68.0. The Labute approximate surface area is 574 Å². The van der Waals surface area contributed by atoms with Crippen LogP contribution in [0.3, 0.4) is 0 Å². The van der Waals surface area contributed by atoms with E-state index in [4.69, 9.17) is 19.2 Å². The molecule has 3 aromatic heterocycles. The molecular formula is C83H73N7O9. The van der Waals surface area contributed by atoms with Crippen LogP contribution in [0.2, 0.25) is 0 Å². The van der Waals surface area contributed by atoms with E-state index in [0.717, 1.165) is 83.9 Å². The number of para-hydroxylation sites is 3. The Bertz CT molecular complexity index is 5070. The van der Waals surface area contributed by atoms with Crippen LogP contribution in [-0.2, 0) is 56.6 Å². The van der Waals surface area contributed by atoms with Gasteiger partial charge in [-0.1, -0.05) is 210 Å². The first-order valence-corrected chi connectivity index (χ1v) is 32.5. The van der Waals surface area contributed by atoms with E-state index in [1.165, 1.54) is 35.7 Å². The summed E-state index contributed by atoms with van der Waals surface area (Å²) in [6.45, 7) is 11.3. The van der Waals surface area contributed by atoms with Crippen LogP contribution in [0.5, 0.6) is 0 Å². The smallest absolute Gasteiger partial charge is 0.361 e. The van der Waals surface area contributed by atoms with E-state index in [-0.39, 0.29) is 5.69 Å². The maximum atomic E-state index is 12.7. The Hall–Kier alpha value is -12.4. The fourth-order valence-electron chi connectivity index (χ4n) is 11.6. The van der Waals surface area contributed by atoms with Crippen LogP contribution in [0.15, 0.2) is 295 Å². The number of ether oxygens (including phenoxy) is 1. The molecule has 0 unspecified atom stereocenters. The first-order chi connectivity index (χ1) is 48.3. The number of rotatable bonds is 21. The van der Waals surface area contributed by atoms with Crippen LogP contribution in [0.1, 0.15) is 90.2 Å². The van der Waals surface area contributed by atoms with Crippen LogP contribution in [0.25, 0.3) is 38.4 Å². The number of non-ortho nitro benzene ring substituents is 1. The van der Waals surface area contributed by atoms with E-state index in [0.29, 0.717) is 60.9 Å². The third-order valence-corrected chi connectivity index (χ3v) is 16.8. The third-order valence-electron chi connectivity index (χ3n) is 16.8. The largest absolute Gasteiger partial charge is 0.365 e.